The molecule has 0 saturated carbocycles. The van der Waals surface area contributed by atoms with Gasteiger partial charge in [0.15, 0.2) is 0 Å². The first-order valence-electron chi connectivity index (χ1n) is 5.90. The molecule has 20 heavy (non-hydrogen) atoms. The van der Waals surface area contributed by atoms with Gasteiger partial charge in [-0.15, -0.1) is 0 Å². The molecule has 104 valence electrons. The zero-order chi connectivity index (χ0) is 14.5. The van der Waals surface area contributed by atoms with Gasteiger partial charge in [0.1, 0.15) is 11.6 Å². The number of hydrogen-bond donors (Lipinski definition) is 1. The van der Waals surface area contributed by atoms with Gasteiger partial charge in [0, 0.05) is 24.4 Å². The van der Waals surface area contributed by atoms with E-state index < -0.39 is 10.7 Å². The van der Waals surface area contributed by atoms with Crippen molar-refractivity contribution in [2.75, 3.05) is 12.4 Å². The van der Waals surface area contributed by atoms with E-state index in [2.05, 4.69) is 5.32 Å². The van der Waals surface area contributed by atoms with Gasteiger partial charge >= 0.3 is 0 Å². The lowest BCUT2D eigenvalue weighted by Gasteiger charge is -2.08. The van der Waals surface area contributed by atoms with Crippen LogP contribution in [0.2, 0.25) is 0 Å². The molecule has 5 nitrogen and oxygen atoms in total. The molecule has 0 spiro atoms. The SMILES string of the molecule is COc1cccc(NCc2cc(F)cc([N+](=O)[O-])c2)c1. The third-order valence-electron chi connectivity index (χ3n) is 2.72. The Morgan fingerprint density at radius 3 is 2.80 bits per heavy atom. The monoisotopic (exact) mass is 276 g/mol. The lowest BCUT2D eigenvalue weighted by atomic mass is 10.2. The summed E-state index contributed by atoms with van der Waals surface area (Å²) >= 11 is 0. The zero-order valence-electron chi connectivity index (χ0n) is 10.8. The van der Waals surface area contributed by atoms with Gasteiger partial charge in [-0.2, -0.15) is 0 Å². The summed E-state index contributed by atoms with van der Waals surface area (Å²) in [7, 11) is 1.56. The summed E-state index contributed by atoms with van der Waals surface area (Å²) < 4.78 is 18.4. The summed E-state index contributed by atoms with van der Waals surface area (Å²) in [6, 6.07) is 10.7. The van der Waals surface area contributed by atoms with Gasteiger partial charge in [0.25, 0.3) is 5.69 Å². The first kappa shape index (κ1) is 13.8. The van der Waals surface area contributed by atoms with E-state index in [1.54, 1.807) is 19.2 Å². The van der Waals surface area contributed by atoms with Crippen LogP contribution in [0.5, 0.6) is 5.75 Å². The second kappa shape index (κ2) is 6.01. The maximum atomic E-state index is 13.3. The van der Waals surface area contributed by atoms with Crippen LogP contribution in [0.4, 0.5) is 15.8 Å². The Bertz CT molecular complexity index is 632. The average molecular weight is 276 g/mol. The number of nitro benzene ring substituents is 1. The van der Waals surface area contributed by atoms with Crippen LogP contribution >= 0.6 is 0 Å². The van der Waals surface area contributed by atoms with Gasteiger partial charge in [-0.25, -0.2) is 4.39 Å². The molecule has 0 aliphatic heterocycles. The second-order valence-corrected chi connectivity index (χ2v) is 4.16. The fraction of sp³-hybridized carbons (Fsp3) is 0.143. The molecule has 0 aliphatic rings. The molecule has 2 aromatic rings. The Morgan fingerprint density at radius 1 is 1.30 bits per heavy atom. The third-order valence-corrected chi connectivity index (χ3v) is 2.72. The first-order chi connectivity index (χ1) is 9.58. The molecule has 1 N–H and O–H groups in total. The van der Waals surface area contributed by atoms with E-state index in [1.807, 2.05) is 12.1 Å². The van der Waals surface area contributed by atoms with E-state index in [4.69, 9.17) is 4.74 Å². The molecule has 0 aromatic heterocycles. The van der Waals surface area contributed by atoms with Crippen LogP contribution < -0.4 is 10.1 Å². The van der Waals surface area contributed by atoms with Crippen molar-refractivity contribution in [2.45, 2.75) is 6.54 Å². The highest BCUT2D eigenvalue weighted by Gasteiger charge is 2.09. The summed E-state index contributed by atoms with van der Waals surface area (Å²) in [6.07, 6.45) is 0. The smallest absolute Gasteiger partial charge is 0.272 e. The Balaban J connectivity index is 2.12. The molecule has 0 unspecified atom stereocenters. The minimum absolute atomic E-state index is 0.257. The molecule has 0 saturated heterocycles. The van der Waals surface area contributed by atoms with Crippen molar-refractivity contribution in [3.8, 4) is 5.75 Å². The van der Waals surface area contributed by atoms with Gasteiger partial charge in [0.05, 0.1) is 18.1 Å². The molecule has 0 heterocycles. The summed E-state index contributed by atoms with van der Waals surface area (Å²) in [5, 5.41) is 13.7. The number of ether oxygens (including phenoxy) is 1. The van der Waals surface area contributed by atoms with Crippen molar-refractivity contribution in [1.82, 2.24) is 0 Å². The minimum Gasteiger partial charge on any atom is -0.497 e. The quantitative estimate of drug-likeness (QED) is 0.671. The van der Waals surface area contributed by atoms with E-state index in [0.29, 0.717) is 11.3 Å². The molecule has 0 aliphatic carbocycles. The van der Waals surface area contributed by atoms with Crippen molar-refractivity contribution in [3.05, 3.63) is 64.0 Å². The van der Waals surface area contributed by atoms with Gasteiger partial charge in [-0.3, -0.25) is 10.1 Å². The van der Waals surface area contributed by atoms with Crippen molar-refractivity contribution in [2.24, 2.45) is 0 Å². The van der Waals surface area contributed by atoms with E-state index in [-0.39, 0.29) is 12.2 Å². The third kappa shape index (κ3) is 3.44. The molecule has 0 atom stereocenters. The Morgan fingerprint density at radius 2 is 2.10 bits per heavy atom. The van der Waals surface area contributed by atoms with Gasteiger partial charge in [-0.05, 0) is 23.8 Å². The lowest BCUT2D eigenvalue weighted by Crippen LogP contribution is -2.01. The Hall–Kier alpha value is -2.63. The number of hydrogen-bond acceptors (Lipinski definition) is 4. The number of nitro groups is 1. The van der Waals surface area contributed by atoms with Gasteiger partial charge in [0.2, 0.25) is 0 Å². The maximum Gasteiger partial charge on any atom is 0.272 e. The number of halogens is 1. The number of non-ortho nitro benzene ring substituents is 1. The number of anilines is 1. The molecule has 0 fully saturated rings. The molecular weight excluding hydrogens is 263 g/mol. The normalized spacial score (nSPS) is 10.1. The lowest BCUT2D eigenvalue weighted by molar-refractivity contribution is -0.385. The number of benzene rings is 2. The molecule has 2 rings (SSSR count). The predicted molar refractivity (Wildman–Crippen MR) is 73.4 cm³/mol. The van der Waals surface area contributed by atoms with E-state index in [9.17, 15) is 14.5 Å². The van der Waals surface area contributed by atoms with Gasteiger partial charge in [-0.1, -0.05) is 6.07 Å². The predicted octanol–water partition coefficient (Wildman–Crippen LogP) is 3.35. The molecule has 0 radical (unpaired) electrons. The van der Waals surface area contributed by atoms with Crippen LogP contribution in [-0.4, -0.2) is 12.0 Å². The van der Waals surface area contributed by atoms with E-state index >= 15 is 0 Å². The number of rotatable bonds is 5. The number of nitrogens with zero attached hydrogens (tertiary/aromatic N) is 1. The summed E-state index contributed by atoms with van der Waals surface area (Å²) in [5.74, 6) is 0.0712. The maximum absolute atomic E-state index is 13.3. The van der Waals surface area contributed by atoms with Crippen molar-refractivity contribution in [1.29, 1.82) is 0 Å². The van der Waals surface area contributed by atoms with Crippen LogP contribution in [0.25, 0.3) is 0 Å². The largest absolute Gasteiger partial charge is 0.497 e. The molecular formula is C14H13FN2O3. The topological polar surface area (TPSA) is 64.4 Å². The zero-order valence-corrected chi connectivity index (χ0v) is 10.8. The average Bonchev–Trinajstić information content (AvgIpc) is 2.44. The number of nitrogens with one attached hydrogen (secondary N) is 1. The molecule has 6 heteroatoms. The second-order valence-electron chi connectivity index (χ2n) is 4.16. The van der Waals surface area contributed by atoms with Crippen molar-refractivity contribution < 1.29 is 14.1 Å². The number of methoxy groups -OCH3 is 1. The van der Waals surface area contributed by atoms with Crippen LogP contribution in [0.15, 0.2) is 42.5 Å². The summed E-state index contributed by atoms with van der Waals surface area (Å²) in [4.78, 5) is 10.1. The highest BCUT2D eigenvalue weighted by molar-refractivity contribution is 5.49. The fourth-order valence-electron chi connectivity index (χ4n) is 1.78. The van der Waals surface area contributed by atoms with Crippen LogP contribution in [-0.2, 0) is 6.54 Å². The molecule has 0 amide bonds. The molecule has 2 aromatic carbocycles. The standard InChI is InChI=1S/C14H13FN2O3/c1-20-14-4-2-3-12(8-14)16-9-10-5-11(15)7-13(6-10)17(18)19/h2-8,16H,9H2,1H3. The Labute approximate surface area is 115 Å². The highest BCUT2D eigenvalue weighted by Crippen LogP contribution is 2.20. The van der Waals surface area contributed by atoms with Crippen LogP contribution in [0, 0.1) is 15.9 Å². The van der Waals surface area contributed by atoms with Crippen LogP contribution in [0.1, 0.15) is 5.56 Å². The minimum atomic E-state index is -0.623. The highest BCUT2D eigenvalue weighted by atomic mass is 19.1. The summed E-state index contributed by atoms with van der Waals surface area (Å²) in [6.45, 7) is 0.283. The summed E-state index contributed by atoms with van der Waals surface area (Å²) in [5.41, 5.74) is 1.03. The van der Waals surface area contributed by atoms with Crippen molar-refractivity contribution in [3.63, 3.8) is 0 Å². The van der Waals surface area contributed by atoms with Gasteiger partial charge < -0.3 is 10.1 Å². The first-order valence-corrected chi connectivity index (χ1v) is 5.90. The Kier molecular flexibility index (Phi) is 4.14. The van der Waals surface area contributed by atoms with Crippen LogP contribution in [0.3, 0.4) is 0 Å². The van der Waals surface area contributed by atoms with Crippen molar-refractivity contribution >= 4 is 11.4 Å². The molecule has 0 bridgehead atoms. The van der Waals surface area contributed by atoms with E-state index in [1.165, 1.54) is 12.1 Å². The fourth-order valence-corrected chi connectivity index (χ4v) is 1.78. The van der Waals surface area contributed by atoms with E-state index in [0.717, 1.165) is 11.8 Å².